The highest BCUT2D eigenvalue weighted by molar-refractivity contribution is 6.33. The second-order valence-corrected chi connectivity index (χ2v) is 7.02. The molecule has 1 unspecified atom stereocenters. The second kappa shape index (κ2) is 6.79. The third-order valence-electron chi connectivity index (χ3n) is 4.54. The van der Waals surface area contributed by atoms with Gasteiger partial charge < -0.3 is 15.0 Å². The van der Waals surface area contributed by atoms with E-state index in [0.29, 0.717) is 5.02 Å². The van der Waals surface area contributed by atoms with E-state index in [1.54, 1.807) is 0 Å². The SMILES string of the molecule is Clc1cccc(OC2CCc3cc(Cl)c(N4CCNCC4)nc32)c1. The number of fused-ring (bicyclic) bond motifs is 1. The molecular formula is C18H19Cl2N3O. The van der Waals surface area contributed by atoms with Gasteiger partial charge in [-0.15, -0.1) is 0 Å². The van der Waals surface area contributed by atoms with E-state index in [2.05, 4.69) is 16.3 Å². The molecule has 0 radical (unpaired) electrons. The molecular weight excluding hydrogens is 345 g/mol. The molecule has 0 saturated carbocycles. The quantitative estimate of drug-likeness (QED) is 0.898. The van der Waals surface area contributed by atoms with Gasteiger partial charge in [-0.1, -0.05) is 29.3 Å². The lowest BCUT2D eigenvalue weighted by Gasteiger charge is -2.29. The van der Waals surface area contributed by atoms with Crippen LogP contribution in [-0.4, -0.2) is 31.2 Å². The number of hydrogen-bond donors (Lipinski definition) is 1. The predicted molar refractivity (Wildman–Crippen MR) is 97.5 cm³/mol. The highest BCUT2D eigenvalue weighted by Crippen LogP contribution is 2.38. The first-order valence-electron chi connectivity index (χ1n) is 8.28. The highest BCUT2D eigenvalue weighted by atomic mass is 35.5. The number of hydrogen-bond acceptors (Lipinski definition) is 4. The molecule has 126 valence electrons. The van der Waals surface area contributed by atoms with Crippen LogP contribution in [0.25, 0.3) is 0 Å². The molecule has 24 heavy (non-hydrogen) atoms. The van der Waals surface area contributed by atoms with Gasteiger partial charge in [-0.3, -0.25) is 0 Å². The Morgan fingerprint density at radius 3 is 2.79 bits per heavy atom. The minimum atomic E-state index is -0.0441. The van der Waals surface area contributed by atoms with Crippen molar-refractivity contribution in [1.82, 2.24) is 10.3 Å². The summed E-state index contributed by atoms with van der Waals surface area (Å²) >= 11 is 12.5. The van der Waals surface area contributed by atoms with E-state index in [-0.39, 0.29) is 6.10 Å². The number of nitrogens with zero attached hydrogens (tertiary/aromatic N) is 2. The van der Waals surface area contributed by atoms with Crippen LogP contribution in [-0.2, 0) is 6.42 Å². The Morgan fingerprint density at radius 2 is 2.00 bits per heavy atom. The molecule has 0 spiro atoms. The number of ether oxygens (including phenoxy) is 1. The number of aryl methyl sites for hydroxylation is 1. The second-order valence-electron chi connectivity index (χ2n) is 6.18. The summed E-state index contributed by atoms with van der Waals surface area (Å²) in [5, 5.41) is 4.77. The van der Waals surface area contributed by atoms with Crippen molar-refractivity contribution in [3.05, 3.63) is 51.6 Å². The first-order valence-corrected chi connectivity index (χ1v) is 9.03. The molecule has 1 N–H and O–H groups in total. The summed E-state index contributed by atoms with van der Waals surface area (Å²) in [7, 11) is 0. The van der Waals surface area contributed by atoms with Crippen molar-refractivity contribution in [2.45, 2.75) is 18.9 Å². The topological polar surface area (TPSA) is 37.4 Å². The number of piperazine rings is 1. The summed E-state index contributed by atoms with van der Waals surface area (Å²) in [4.78, 5) is 7.13. The van der Waals surface area contributed by atoms with Gasteiger partial charge in [0, 0.05) is 31.2 Å². The monoisotopic (exact) mass is 363 g/mol. The summed E-state index contributed by atoms with van der Waals surface area (Å²) in [5.41, 5.74) is 2.19. The lowest BCUT2D eigenvalue weighted by molar-refractivity contribution is 0.203. The summed E-state index contributed by atoms with van der Waals surface area (Å²) in [5.74, 6) is 1.65. The van der Waals surface area contributed by atoms with Crippen LogP contribution in [0.5, 0.6) is 5.75 Å². The van der Waals surface area contributed by atoms with Crippen LogP contribution < -0.4 is 15.0 Å². The largest absolute Gasteiger partial charge is 0.484 e. The normalized spacial score (nSPS) is 20.1. The smallest absolute Gasteiger partial charge is 0.147 e. The lowest BCUT2D eigenvalue weighted by atomic mass is 10.2. The number of anilines is 1. The summed E-state index contributed by atoms with van der Waals surface area (Å²) in [6, 6.07) is 9.57. The van der Waals surface area contributed by atoms with Crippen molar-refractivity contribution in [3.8, 4) is 5.75 Å². The van der Waals surface area contributed by atoms with Gasteiger partial charge in [0.05, 0.1) is 10.7 Å². The van der Waals surface area contributed by atoms with Crippen LogP contribution in [0.15, 0.2) is 30.3 Å². The molecule has 1 atom stereocenters. The Balaban J connectivity index is 1.61. The molecule has 1 saturated heterocycles. The van der Waals surface area contributed by atoms with Crippen molar-refractivity contribution in [2.75, 3.05) is 31.1 Å². The zero-order valence-corrected chi connectivity index (χ0v) is 14.8. The van der Waals surface area contributed by atoms with Crippen molar-refractivity contribution in [2.24, 2.45) is 0 Å². The van der Waals surface area contributed by atoms with Gasteiger partial charge in [-0.2, -0.15) is 0 Å². The number of pyridine rings is 1. The van der Waals surface area contributed by atoms with Gasteiger partial charge in [-0.05, 0) is 42.7 Å². The Hall–Kier alpha value is -1.49. The minimum Gasteiger partial charge on any atom is -0.484 e. The van der Waals surface area contributed by atoms with Crippen LogP contribution in [0.3, 0.4) is 0 Å². The Labute approximate surface area is 151 Å². The summed E-state index contributed by atoms with van der Waals surface area (Å²) in [6.45, 7) is 3.76. The number of benzene rings is 1. The summed E-state index contributed by atoms with van der Waals surface area (Å²) < 4.78 is 6.14. The van der Waals surface area contributed by atoms with Gasteiger partial charge in [-0.25, -0.2) is 4.98 Å². The first kappa shape index (κ1) is 16.0. The fraction of sp³-hybridized carbons (Fsp3) is 0.389. The van der Waals surface area contributed by atoms with Crippen LogP contribution in [0.1, 0.15) is 23.8 Å². The highest BCUT2D eigenvalue weighted by Gasteiger charge is 2.29. The predicted octanol–water partition coefficient (Wildman–Crippen LogP) is 3.86. The van der Waals surface area contributed by atoms with Crippen LogP contribution in [0.2, 0.25) is 10.0 Å². The van der Waals surface area contributed by atoms with E-state index in [0.717, 1.165) is 61.3 Å². The molecule has 1 aliphatic carbocycles. The molecule has 1 aromatic carbocycles. The maximum Gasteiger partial charge on any atom is 0.147 e. The van der Waals surface area contributed by atoms with E-state index in [1.165, 1.54) is 5.56 Å². The Kier molecular flexibility index (Phi) is 4.53. The number of rotatable bonds is 3. The third kappa shape index (κ3) is 3.18. The standard InChI is InChI=1S/C18H19Cl2N3O/c19-13-2-1-3-14(11-13)24-16-5-4-12-10-15(20)18(22-17(12)16)23-8-6-21-7-9-23/h1-3,10-11,16,21H,4-9H2. The Morgan fingerprint density at radius 1 is 1.17 bits per heavy atom. The first-order chi connectivity index (χ1) is 11.7. The molecule has 1 fully saturated rings. The fourth-order valence-electron chi connectivity index (χ4n) is 3.35. The molecule has 4 nitrogen and oxygen atoms in total. The van der Waals surface area contributed by atoms with Crippen molar-refractivity contribution >= 4 is 29.0 Å². The van der Waals surface area contributed by atoms with Crippen LogP contribution in [0.4, 0.5) is 5.82 Å². The number of halogens is 2. The van der Waals surface area contributed by atoms with E-state index in [1.807, 2.05) is 24.3 Å². The number of nitrogens with one attached hydrogen (secondary N) is 1. The van der Waals surface area contributed by atoms with Gasteiger partial charge in [0.2, 0.25) is 0 Å². The molecule has 1 aliphatic heterocycles. The van der Waals surface area contributed by atoms with Gasteiger partial charge in [0.25, 0.3) is 0 Å². The van der Waals surface area contributed by atoms with Crippen molar-refractivity contribution < 1.29 is 4.74 Å². The summed E-state index contributed by atoms with van der Waals surface area (Å²) in [6.07, 6.45) is 1.81. The number of aromatic nitrogens is 1. The van der Waals surface area contributed by atoms with Crippen molar-refractivity contribution in [3.63, 3.8) is 0 Å². The molecule has 2 heterocycles. The van der Waals surface area contributed by atoms with Crippen molar-refractivity contribution in [1.29, 1.82) is 0 Å². The minimum absolute atomic E-state index is 0.0441. The van der Waals surface area contributed by atoms with E-state index in [4.69, 9.17) is 32.9 Å². The van der Waals surface area contributed by atoms with E-state index < -0.39 is 0 Å². The van der Waals surface area contributed by atoms with Crippen LogP contribution in [0, 0.1) is 0 Å². The lowest BCUT2D eigenvalue weighted by Crippen LogP contribution is -2.44. The van der Waals surface area contributed by atoms with E-state index >= 15 is 0 Å². The maximum atomic E-state index is 6.49. The average Bonchev–Trinajstić information content (AvgIpc) is 2.96. The molecule has 1 aromatic heterocycles. The zero-order chi connectivity index (χ0) is 16.5. The van der Waals surface area contributed by atoms with Gasteiger partial charge in [0.15, 0.2) is 0 Å². The maximum absolute atomic E-state index is 6.49. The molecule has 4 rings (SSSR count). The molecule has 2 aliphatic rings. The molecule has 0 bridgehead atoms. The van der Waals surface area contributed by atoms with Gasteiger partial charge in [0.1, 0.15) is 17.7 Å². The third-order valence-corrected chi connectivity index (χ3v) is 5.05. The Bertz CT molecular complexity index is 747. The van der Waals surface area contributed by atoms with Crippen LogP contribution >= 0.6 is 23.2 Å². The zero-order valence-electron chi connectivity index (χ0n) is 13.3. The average molecular weight is 364 g/mol. The molecule has 2 aromatic rings. The van der Waals surface area contributed by atoms with Gasteiger partial charge >= 0.3 is 0 Å². The fourth-order valence-corrected chi connectivity index (χ4v) is 3.82. The van der Waals surface area contributed by atoms with E-state index in [9.17, 15) is 0 Å². The molecule has 6 heteroatoms. The molecule has 0 amide bonds.